The Hall–Kier alpha value is -0.640. The van der Waals surface area contributed by atoms with E-state index in [9.17, 15) is 0 Å². The van der Waals surface area contributed by atoms with Gasteiger partial charge in [0, 0.05) is 40.0 Å². The molecule has 0 spiro atoms. The zero-order valence-corrected chi connectivity index (χ0v) is 18.8. The van der Waals surface area contributed by atoms with Crippen LogP contribution in [0.4, 0.5) is 0 Å². The maximum absolute atomic E-state index is 5.80. The van der Waals surface area contributed by atoms with Crippen molar-refractivity contribution in [3.63, 3.8) is 0 Å². The van der Waals surface area contributed by atoms with Crippen LogP contribution < -0.4 is 10.6 Å². The van der Waals surface area contributed by atoms with Gasteiger partial charge in [-0.1, -0.05) is 17.7 Å². The van der Waals surface area contributed by atoms with Crippen LogP contribution in [-0.4, -0.2) is 69.3 Å². The molecule has 0 atom stereocenters. The summed E-state index contributed by atoms with van der Waals surface area (Å²) in [5.41, 5.74) is 1.16. The Balaban J connectivity index is 0.00000338. The Morgan fingerprint density at radius 2 is 2.12 bits per heavy atom. The summed E-state index contributed by atoms with van der Waals surface area (Å²) in [6.07, 6.45) is 5.16. The molecule has 2 heterocycles. The third-order valence-electron chi connectivity index (χ3n) is 4.60. The molecule has 0 aliphatic carbocycles. The quantitative estimate of drug-likeness (QED) is 0.251. The summed E-state index contributed by atoms with van der Waals surface area (Å²) >= 11 is 5.80. The van der Waals surface area contributed by atoms with Crippen LogP contribution >= 0.6 is 35.6 Å². The van der Waals surface area contributed by atoms with Crippen molar-refractivity contribution in [2.24, 2.45) is 10.9 Å². The zero-order valence-electron chi connectivity index (χ0n) is 15.7. The minimum Gasteiger partial charge on any atom is -0.383 e. The highest BCUT2D eigenvalue weighted by molar-refractivity contribution is 14.0. The van der Waals surface area contributed by atoms with Crippen LogP contribution in [0, 0.1) is 5.92 Å². The van der Waals surface area contributed by atoms with Gasteiger partial charge in [-0.2, -0.15) is 0 Å². The molecule has 26 heavy (non-hydrogen) atoms. The van der Waals surface area contributed by atoms with Gasteiger partial charge in [-0.25, -0.2) is 4.98 Å². The lowest BCUT2D eigenvalue weighted by Gasteiger charge is -2.32. The van der Waals surface area contributed by atoms with Crippen LogP contribution in [0.5, 0.6) is 0 Å². The highest BCUT2D eigenvalue weighted by atomic mass is 127. The number of aliphatic imine (C=N–C) groups is 1. The van der Waals surface area contributed by atoms with Gasteiger partial charge in [0.15, 0.2) is 5.96 Å². The predicted octanol–water partition coefficient (Wildman–Crippen LogP) is 2.42. The number of guanidine groups is 1. The van der Waals surface area contributed by atoms with Crippen LogP contribution in [-0.2, 0) is 11.2 Å². The molecular formula is C18H31ClIN5O. The molecule has 1 saturated heterocycles. The molecule has 1 aromatic rings. The Morgan fingerprint density at radius 1 is 1.35 bits per heavy atom. The van der Waals surface area contributed by atoms with Gasteiger partial charge in [-0.15, -0.1) is 24.0 Å². The lowest BCUT2D eigenvalue weighted by molar-refractivity contribution is 0.121. The molecule has 2 N–H and O–H groups in total. The fourth-order valence-electron chi connectivity index (χ4n) is 2.98. The number of hydrogen-bond donors (Lipinski definition) is 2. The second-order valence-electron chi connectivity index (χ2n) is 6.40. The number of aromatic nitrogens is 1. The number of nitrogens with one attached hydrogen (secondary N) is 2. The van der Waals surface area contributed by atoms with Crippen molar-refractivity contribution in [3.05, 3.63) is 29.0 Å². The van der Waals surface area contributed by atoms with Crippen molar-refractivity contribution in [1.82, 2.24) is 20.5 Å². The number of piperidine rings is 1. The molecule has 0 amide bonds. The van der Waals surface area contributed by atoms with Gasteiger partial charge in [0.05, 0.1) is 6.61 Å². The van der Waals surface area contributed by atoms with Crippen molar-refractivity contribution in [2.75, 3.05) is 53.5 Å². The molecule has 1 fully saturated rings. The van der Waals surface area contributed by atoms with E-state index in [1.54, 1.807) is 7.11 Å². The second kappa shape index (κ2) is 13.5. The van der Waals surface area contributed by atoms with Crippen LogP contribution in [0.25, 0.3) is 0 Å². The molecular weight excluding hydrogens is 465 g/mol. The normalized spacial score (nSPS) is 16.2. The molecule has 6 nitrogen and oxygen atoms in total. The topological polar surface area (TPSA) is 61.8 Å². The highest BCUT2D eigenvalue weighted by Gasteiger charge is 2.18. The minimum absolute atomic E-state index is 0. The molecule has 1 aliphatic heterocycles. The summed E-state index contributed by atoms with van der Waals surface area (Å²) < 4.78 is 5.15. The summed E-state index contributed by atoms with van der Waals surface area (Å²) in [7, 11) is 3.57. The average molecular weight is 496 g/mol. The number of pyridine rings is 1. The van der Waals surface area contributed by atoms with Crippen molar-refractivity contribution in [2.45, 2.75) is 19.3 Å². The van der Waals surface area contributed by atoms with Gasteiger partial charge in [0.25, 0.3) is 0 Å². The minimum atomic E-state index is 0. The van der Waals surface area contributed by atoms with Crippen LogP contribution in [0.2, 0.25) is 5.15 Å². The number of rotatable bonds is 8. The second-order valence-corrected chi connectivity index (χ2v) is 6.78. The largest absolute Gasteiger partial charge is 0.383 e. The van der Waals surface area contributed by atoms with Gasteiger partial charge >= 0.3 is 0 Å². The van der Waals surface area contributed by atoms with Gasteiger partial charge in [-0.05, 0) is 49.9 Å². The van der Waals surface area contributed by atoms with E-state index in [0.29, 0.717) is 11.1 Å². The van der Waals surface area contributed by atoms with Crippen molar-refractivity contribution in [3.8, 4) is 0 Å². The number of nitrogens with zero attached hydrogens (tertiary/aromatic N) is 3. The third kappa shape index (κ3) is 8.83. The molecule has 148 valence electrons. The first kappa shape index (κ1) is 23.4. The molecule has 0 radical (unpaired) electrons. The Morgan fingerprint density at radius 3 is 2.73 bits per heavy atom. The Bertz CT molecular complexity index is 521. The maximum atomic E-state index is 5.80. The summed E-state index contributed by atoms with van der Waals surface area (Å²) in [6, 6.07) is 3.83. The molecule has 8 heteroatoms. The van der Waals surface area contributed by atoms with E-state index in [4.69, 9.17) is 16.3 Å². The van der Waals surface area contributed by atoms with E-state index < -0.39 is 0 Å². The maximum Gasteiger partial charge on any atom is 0.190 e. The summed E-state index contributed by atoms with van der Waals surface area (Å²) in [6.45, 7) is 5.97. The van der Waals surface area contributed by atoms with E-state index in [1.165, 1.54) is 12.8 Å². The van der Waals surface area contributed by atoms with Crippen molar-refractivity contribution >= 4 is 41.5 Å². The molecule has 2 rings (SSSR count). The fourth-order valence-corrected chi connectivity index (χ4v) is 3.09. The smallest absolute Gasteiger partial charge is 0.190 e. The number of methoxy groups -OCH3 is 1. The average Bonchev–Trinajstić information content (AvgIpc) is 2.65. The molecule has 0 saturated carbocycles. The lowest BCUT2D eigenvalue weighted by atomic mass is 9.97. The van der Waals surface area contributed by atoms with Crippen molar-refractivity contribution in [1.29, 1.82) is 0 Å². The lowest BCUT2D eigenvalue weighted by Crippen LogP contribution is -2.43. The SMILES string of the molecule is CN=C(NCCc1ccc(Cl)nc1)NCC1CCN(CCOC)CC1.I. The Labute approximate surface area is 179 Å². The molecule has 0 bridgehead atoms. The standard InChI is InChI=1S/C18H30ClN5O.HI/c1-20-18(21-8-5-15-3-4-17(19)22-13-15)23-14-16-6-9-24(10-7-16)11-12-25-2;/h3-4,13,16H,5-12,14H2,1-2H3,(H2,20,21,23);1H. The van der Waals surface area contributed by atoms with Gasteiger partial charge in [-0.3, -0.25) is 4.99 Å². The molecule has 0 aromatic carbocycles. The summed E-state index contributed by atoms with van der Waals surface area (Å²) in [5, 5.41) is 7.34. The summed E-state index contributed by atoms with van der Waals surface area (Å²) in [4.78, 5) is 10.9. The van der Waals surface area contributed by atoms with E-state index >= 15 is 0 Å². The monoisotopic (exact) mass is 495 g/mol. The summed E-state index contributed by atoms with van der Waals surface area (Å²) in [5.74, 6) is 1.57. The van der Waals surface area contributed by atoms with E-state index in [0.717, 1.165) is 57.3 Å². The molecule has 1 aliphatic rings. The van der Waals surface area contributed by atoms with E-state index in [1.807, 2.05) is 25.4 Å². The van der Waals surface area contributed by atoms with Gasteiger partial charge < -0.3 is 20.3 Å². The first-order chi connectivity index (χ1) is 12.2. The van der Waals surface area contributed by atoms with Crippen LogP contribution in [0.1, 0.15) is 18.4 Å². The first-order valence-electron chi connectivity index (χ1n) is 8.97. The third-order valence-corrected chi connectivity index (χ3v) is 4.82. The fraction of sp³-hybridized carbons (Fsp3) is 0.667. The van der Waals surface area contributed by atoms with Gasteiger partial charge in [0.2, 0.25) is 0 Å². The number of likely N-dealkylation sites (tertiary alicyclic amines) is 1. The molecule has 1 aromatic heterocycles. The van der Waals surface area contributed by atoms with Crippen molar-refractivity contribution < 1.29 is 4.74 Å². The number of hydrogen-bond acceptors (Lipinski definition) is 4. The Kier molecular flexibility index (Phi) is 12.2. The zero-order chi connectivity index (χ0) is 17.9. The number of halogens is 2. The van der Waals surface area contributed by atoms with Gasteiger partial charge in [0.1, 0.15) is 5.15 Å². The predicted molar refractivity (Wildman–Crippen MR) is 119 cm³/mol. The molecule has 0 unspecified atom stereocenters. The first-order valence-corrected chi connectivity index (χ1v) is 9.35. The van der Waals surface area contributed by atoms with Crippen LogP contribution in [0.15, 0.2) is 23.3 Å². The van der Waals surface area contributed by atoms with E-state index in [-0.39, 0.29) is 24.0 Å². The highest BCUT2D eigenvalue weighted by Crippen LogP contribution is 2.15. The van der Waals surface area contributed by atoms with Crippen LogP contribution in [0.3, 0.4) is 0 Å². The van der Waals surface area contributed by atoms with E-state index in [2.05, 4.69) is 25.5 Å². The number of ether oxygens (including phenoxy) is 1.